The summed E-state index contributed by atoms with van der Waals surface area (Å²) in [7, 11) is 1.66. The molecule has 1 heterocycles. The fourth-order valence-electron chi connectivity index (χ4n) is 2.86. The number of benzene rings is 1. The van der Waals surface area contributed by atoms with Gasteiger partial charge in [0, 0.05) is 39.1 Å². The molecule has 2 atom stereocenters. The first-order chi connectivity index (χ1) is 10.6. The van der Waals surface area contributed by atoms with Gasteiger partial charge >= 0.3 is 0 Å². The number of ether oxygens (including phenoxy) is 2. The van der Waals surface area contributed by atoms with E-state index in [-0.39, 0.29) is 29.5 Å². The third-order valence-corrected chi connectivity index (χ3v) is 3.94. The second-order valence-electron chi connectivity index (χ2n) is 5.60. The molecule has 1 aromatic rings. The summed E-state index contributed by atoms with van der Waals surface area (Å²) >= 11 is 0. The Morgan fingerprint density at radius 3 is 2.86 bits per heavy atom. The van der Waals surface area contributed by atoms with E-state index in [9.17, 15) is 9.18 Å². The van der Waals surface area contributed by atoms with Crippen LogP contribution in [0.3, 0.4) is 0 Å². The Morgan fingerprint density at radius 1 is 1.41 bits per heavy atom. The molecule has 6 heteroatoms. The summed E-state index contributed by atoms with van der Waals surface area (Å²) in [6.07, 6.45) is 1.18. The number of hydrogen-bond acceptors (Lipinski definition) is 4. The van der Waals surface area contributed by atoms with Gasteiger partial charge in [0.05, 0.1) is 12.7 Å². The molecule has 5 nitrogen and oxygen atoms in total. The number of likely N-dealkylation sites (tertiary alicyclic amines) is 1. The SMILES string of the molecule is CO[C@H]1CN(CCCOc2ccccc2F)C[C@@H]1CC(N)=O. The van der Waals surface area contributed by atoms with Gasteiger partial charge in [-0.3, -0.25) is 4.79 Å². The second-order valence-corrected chi connectivity index (χ2v) is 5.60. The molecule has 0 bridgehead atoms. The van der Waals surface area contributed by atoms with E-state index in [2.05, 4.69) is 4.90 Å². The normalized spacial score (nSPS) is 21.9. The molecular weight excluding hydrogens is 287 g/mol. The number of methoxy groups -OCH3 is 1. The first-order valence-electron chi connectivity index (χ1n) is 7.51. The van der Waals surface area contributed by atoms with E-state index in [0.717, 1.165) is 26.1 Å². The first kappa shape index (κ1) is 16.7. The van der Waals surface area contributed by atoms with E-state index >= 15 is 0 Å². The average molecular weight is 310 g/mol. The molecule has 0 aliphatic carbocycles. The molecule has 0 saturated carbocycles. The summed E-state index contributed by atoms with van der Waals surface area (Å²) in [4.78, 5) is 13.3. The van der Waals surface area contributed by atoms with E-state index < -0.39 is 0 Å². The van der Waals surface area contributed by atoms with Crippen molar-refractivity contribution in [3.05, 3.63) is 30.1 Å². The van der Waals surface area contributed by atoms with Crippen LogP contribution in [0.25, 0.3) is 0 Å². The number of rotatable bonds is 8. The molecule has 1 aliphatic rings. The van der Waals surface area contributed by atoms with Crippen LogP contribution < -0.4 is 10.5 Å². The largest absolute Gasteiger partial charge is 0.490 e. The number of amides is 1. The lowest BCUT2D eigenvalue weighted by atomic mass is 10.0. The van der Waals surface area contributed by atoms with Crippen molar-refractivity contribution in [1.82, 2.24) is 4.90 Å². The molecule has 2 N–H and O–H groups in total. The predicted molar refractivity (Wildman–Crippen MR) is 81.1 cm³/mol. The summed E-state index contributed by atoms with van der Waals surface area (Å²) in [5, 5.41) is 0. The number of nitrogens with zero attached hydrogens (tertiary/aromatic N) is 1. The number of para-hydroxylation sites is 1. The zero-order valence-corrected chi connectivity index (χ0v) is 12.8. The molecule has 1 amide bonds. The average Bonchev–Trinajstić information content (AvgIpc) is 2.86. The fraction of sp³-hybridized carbons (Fsp3) is 0.562. The van der Waals surface area contributed by atoms with Crippen LogP contribution in [0.5, 0.6) is 5.75 Å². The van der Waals surface area contributed by atoms with Crippen molar-refractivity contribution in [2.75, 3.05) is 33.4 Å². The van der Waals surface area contributed by atoms with Crippen LogP contribution in [-0.4, -0.2) is 50.3 Å². The minimum atomic E-state index is -0.343. The third kappa shape index (κ3) is 4.68. The standard InChI is InChI=1S/C16H23FN2O3/c1-21-15-11-19(10-12(15)9-16(18)20)7-4-8-22-14-6-3-2-5-13(14)17/h2-3,5-6,12,15H,4,7-11H2,1H3,(H2,18,20)/t12-,15-/m0/s1. The molecule has 1 fully saturated rings. The third-order valence-electron chi connectivity index (χ3n) is 3.94. The maximum atomic E-state index is 13.4. The molecule has 122 valence electrons. The van der Waals surface area contributed by atoms with E-state index in [1.54, 1.807) is 25.3 Å². The van der Waals surface area contributed by atoms with Gasteiger partial charge in [0.25, 0.3) is 0 Å². The Labute approximate surface area is 130 Å². The number of carbonyl (C=O) groups excluding carboxylic acids is 1. The monoisotopic (exact) mass is 310 g/mol. The van der Waals surface area contributed by atoms with Gasteiger partial charge in [-0.2, -0.15) is 0 Å². The molecule has 0 aromatic heterocycles. The number of carbonyl (C=O) groups is 1. The summed E-state index contributed by atoms with van der Waals surface area (Å²) in [5.74, 6) is -0.207. The highest BCUT2D eigenvalue weighted by Gasteiger charge is 2.33. The number of halogens is 1. The van der Waals surface area contributed by atoms with Crippen molar-refractivity contribution in [2.45, 2.75) is 18.9 Å². The van der Waals surface area contributed by atoms with Crippen molar-refractivity contribution in [3.8, 4) is 5.75 Å². The lowest BCUT2D eigenvalue weighted by molar-refractivity contribution is -0.119. The van der Waals surface area contributed by atoms with Gasteiger partial charge in [-0.1, -0.05) is 12.1 Å². The topological polar surface area (TPSA) is 64.8 Å². The summed E-state index contributed by atoms with van der Waals surface area (Å²) in [6, 6.07) is 6.38. The molecule has 1 saturated heterocycles. The zero-order chi connectivity index (χ0) is 15.9. The second kappa shape index (κ2) is 8.10. The van der Waals surface area contributed by atoms with E-state index in [0.29, 0.717) is 13.0 Å². The Balaban J connectivity index is 1.71. The van der Waals surface area contributed by atoms with Gasteiger partial charge < -0.3 is 20.1 Å². The van der Waals surface area contributed by atoms with Crippen LogP contribution in [-0.2, 0) is 9.53 Å². The lowest BCUT2D eigenvalue weighted by Crippen LogP contribution is -2.26. The van der Waals surface area contributed by atoms with Crippen LogP contribution >= 0.6 is 0 Å². The van der Waals surface area contributed by atoms with Crippen LogP contribution in [0.2, 0.25) is 0 Å². The van der Waals surface area contributed by atoms with Gasteiger partial charge in [0.1, 0.15) is 0 Å². The van der Waals surface area contributed by atoms with E-state index in [1.165, 1.54) is 6.07 Å². The fourth-order valence-corrected chi connectivity index (χ4v) is 2.86. The smallest absolute Gasteiger partial charge is 0.217 e. The van der Waals surface area contributed by atoms with Crippen LogP contribution in [0.4, 0.5) is 4.39 Å². The van der Waals surface area contributed by atoms with E-state index in [4.69, 9.17) is 15.2 Å². The van der Waals surface area contributed by atoms with Gasteiger partial charge in [0.15, 0.2) is 11.6 Å². The summed E-state index contributed by atoms with van der Waals surface area (Å²) in [5.41, 5.74) is 5.27. The van der Waals surface area contributed by atoms with E-state index in [1.807, 2.05) is 0 Å². The minimum Gasteiger partial charge on any atom is -0.490 e. The quantitative estimate of drug-likeness (QED) is 0.738. The molecule has 2 rings (SSSR count). The predicted octanol–water partition coefficient (Wildman–Crippen LogP) is 1.42. The lowest BCUT2D eigenvalue weighted by Gasteiger charge is -2.15. The highest BCUT2D eigenvalue weighted by atomic mass is 19.1. The summed E-state index contributed by atoms with van der Waals surface area (Å²) in [6.45, 7) is 2.86. The van der Waals surface area contributed by atoms with Crippen LogP contribution in [0, 0.1) is 11.7 Å². The molecule has 0 spiro atoms. The minimum absolute atomic E-state index is 0.0417. The number of hydrogen-bond donors (Lipinski definition) is 1. The van der Waals surface area contributed by atoms with Crippen molar-refractivity contribution in [2.24, 2.45) is 11.7 Å². The molecule has 1 aromatic carbocycles. The Hall–Kier alpha value is -1.66. The molecule has 0 unspecified atom stereocenters. The van der Waals surface area contributed by atoms with Crippen molar-refractivity contribution < 1.29 is 18.7 Å². The number of primary amides is 1. The maximum Gasteiger partial charge on any atom is 0.217 e. The highest BCUT2D eigenvalue weighted by molar-refractivity contribution is 5.74. The maximum absolute atomic E-state index is 13.4. The molecular formula is C16H23FN2O3. The number of nitrogens with two attached hydrogens (primary N) is 1. The van der Waals surface area contributed by atoms with Gasteiger partial charge in [-0.15, -0.1) is 0 Å². The molecule has 22 heavy (non-hydrogen) atoms. The highest BCUT2D eigenvalue weighted by Crippen LogP contribution is 2.22. The van der Waals surface area contributed by atoms with Gasteiger partial charge in [-0.25, -0.2) is 4.39 Å². The van der Waals surface area contributed by atoms with Crippen LogP contribution in [0.1, 0.15) is 12.8 Å². The van der Waals surface area contributed by atoms with Crippen molar-refractivity contribution in [3.63, 3.8) is 0 Å². The Morgan fingerprint density at radius 2 is 2.18 bits per heavy atom. The molecule has 1 aliphatic heterocycles. The zero-order valence-electron chi connectivity index (χ0n) is 12.8. The summed E-state index contributed by atoms with van der Waals surface area (Å²) < 4.78 is 24.2. The molecule has 0 radical (unpaired) electrons. The van der Waals surface area contributed by atoms with Crippen molar-refractivity contribution in [1.29, 1.82) is 0 Å². The van der Waals surface area contributed by atoms with Crippen molar-refractivity contribution >= 4 is 5.91 Å². The van der Waals surface area contributed by atoms with Crippen LogP contribution in [0.15, 0.2) is 24.3 Å². The van der Waals surface area contributed by atoms with Gasteiger partial charge in [-0.05, 0) is 18.6 Å². The van der Waals surface area contributed by atoms with Gasteiger partial charge in [0.2, 0.25) is 5.91 Å². The Kier molecular flexibility index (Phi) is 6.15. The Bertz CT molecular complexity index is 498. The first-order valence-corrected chi connectivity index (χ1v) is 7.51.